The lowest BCUT2D eigenvalue weighted by atomic mass is 9.70. The van der Waals surface area contributed by atoms with Crippen LogP contribution < -0.4 is 15.8 Å². The molecule has 0 spiro atoms. The number of hydrogen-bond donors (Lipinski definition) is 2. The number of nitrogens with one attached hydrogen (secondary N) is 1. The van der Waals surface area contributed by atoms with E-state index in [9.17, 15) is 14.4 Å². The summed E-state index contributed by atoms with van der Waals surface area (Å²) in [4.78, 5) is 39.4. The average molecular weight is 598 g/mol. The molecule has 1 aliphatic heterocycles. The molecule has 2 aliphatic rings. The van der Waals surface area contributed by atoms with Crippen molar-refractivity contribution >= 4 is 39.3 Å². The van der Waals surface area contributed by atoms with E-state index in [0.717, 1.165) is 11.1 Å². The Hall–Kier alpha value is -3.59. The molecule has 2 aromatic carbocycles. The molecule has 1 atom stereocenters. The summed E-state index contributed by atoms with van der Waals surface area (Å²) in [5, 5.41) is 2.84. The van der Waals surface area contributed by atoms with Crippen molar-refractivity contribution in [2.75, 3.05) is 18.5 Å². The molecule has 1 unspecified atom stereocenters. The first-order chi connectivity index (χ1) is 18.4. The molecule has 206 valence electrons. The van der Waals surface area contributed by atoms with Gasteiger partial charge in [-0.3, -0.25) is 9.59 Å². The highest BCUT2D eigenvalue weighted by Gasteiger charge is 2.46. The predicted octanol–water partition coefficient (Wildman–Crippen LogP) is 5.57. The molecule has 0 bridgehead atoms. The Kier molecular flexibility index (Phi) is 8.20. The highest BCUT2D eigenvalue weighted by atomic mass is 79.9. The molecule has 0 saturated carbocycles. The van der Waals surface area contributed by atoms with Crippen LogP contribution in [0.3, 0.4) is 0 Å². The fraction of sp³-hybridized carbons (Fsp3) is 0.367. The molecule has 0 radical (unpaired) electrons. The van der Waals surface area contributed by atoms with E-state index in [-0.39, 0.29) is 48.2 Å². The monoisotopic (exact) mass is 596 g/mol. The number of allylic oxidation sites excluding steroid dienone is 2. The maximum absolute atomic E-state index is 13.5. The average Bonchev–Trinajstić information content (AvgIpc) is 2.84. The summed E-state index contributed by atoms with van der Waals surface area (Å²) >= 11 is 3.49. The van der Waals surface area contributed by atoms with Crippen LogP contribution in [0.5, 0.6) is 5.75 Å². The van der Waals surface area contributed by atoms with Gasteiger partial charge in [0.1, 0.15) is 17.1 Å². The number of Topliss-reactive ketones (excluding diaryl/α,β-unsaturated/α-hetero) is 1. The van der Waals surface area contributed by atoms with Crippen molar-refractivity contribution in [2.24, 2.45) is 11.1 Å². The molecule has 1 heterocycles. The van der Waals surface area contributed by atoms with Gasteiger partial charge in [0, 0.05) is 34.1 Å². The van der Waals surface area contributed by atoms with Crippen LogP contribution in [-0.4, -0.2) is 30.9 Å². The van der Waals surface area contributed by atoms with Gasteiger partial charge in [0.2, 0.25) is 5.88 Å². The quantitative estimate of drug-likeness (QED) is 0.401. The summed E-state index contributed by atoms with van der Waals surface area (Å²) in [6.07, 6.45) is 0.758. The summed E-state index contributed by atoms with van der Waals surface area (Å²) in [5.41, 5.74) is 9.70. The normalized spacial score (nSPS) is 18.3. The van der Waals surface area contributed by atoms with Crippen molar-refractivity contribution in [3.05, 3.63) is 80.3 Å². The minimum absolute atomic E-state index is 0.0335. The fourth-order valence-electron chi connectivity index (χ4n) is 4.94. The summed E-state index contributed by atoms with van der Waals surface area (Å²) in [6, 6.07) is 10.9. The first-order valence-electron chi connectivity index (χ1n) is 12.8. The lowest BCUT2D eigenvalue weighted by Crippen LogP contribution is -2.36. The van der Waals surface area contributed by atoms with Crippen molar-refractivity contribution in [1.29, 1.82) is 0 Å². The van der Waals surface area contributed by atoms with E-state index in [2.05, 4.69) is 21.2 Å². The number of ether oxygens (including phenoxy) is 3. The number of nitrogens with two attached hydrogens (primary N) is 1. The first-order valence-corrected chi connectivity index (χ1v) is 13.6. The van der Waals surface area contributed by atoms with Crippen LogP contribution in [0.4, 0.5) is 5.69 Å². The van der Waals surface area contributed by atoms with Crippen molar-refractivity contribution in [1.82, 2.24) is 0 Å². The van der Waals surface area contributed by atoms with Crippen molar-refractivity contribution in [2.45, 2.75) is 53.4 Å². The van der Waals surface area contributed by atoms with Crippen LogP contribution >= 0.6 is 15.9 Å². The highest BCUT2D eigenvalue weighted by molar-refractivity contribution is 9.10. The lowest BCUT2D eigenvalue weighted by molar-refractivity contribution is -0.139. The van der Waals surface area contributed by atoms with Gasteiger partial charge in [-0.05, 0) is 67.6 Å². The van der Waals surface area contributed by atoms with E-state index >= 15 is 0 Å². The summed E-state index contributed by atoms with van der Waals surface area (Å²) in [5.74, 6) is -1.39. The van der Waals surface area contributed by atoms with Gasteiger partial charge in [-0.2, -0.15) is 0 Å². The molecule has 3 N–H and O–H groups in total. The van der Waals surface area contributed by atoms with E-state index in [1.807, 2.05) is 45.9 Å². The van der Waals surface area contributed by atoms with Crippen LogP contribution in [0, 0.1) is 19.3 Å². The SMILES string of the molecule is CCOC(=O)C1=C(N)OC2=C(C(=O)CC(C)(C)C2)C1c1cc(Br)ccc1OCC(=O)Nc1ccc(C)c(C)c1. The van der Waals surface area contributed by atoms with Gasteiger partial charge in [-0.25, -0.2) is 4.79 Å². The van der Waals surface area contributed by atoms with Gasteiger partial charge in [0.25, 0.3) is 5.91 Å². The predicted molar refractivity (Wildman–Crippen MR) is 151 cm³/mol. The number of carbonyl (C=O) groups is 3. The van der Waals surface area contributed by atoms with E-state index < -0.39 is 11.9 Å². The lowest BCUT2D eigenvalue weighted by Gasteiger charge is -2.38. The second-order valence-corrected chi connectivity index (χ2v) is 11.5. The molecule has 1 aliphatic carbocycles. The van der Waals surface area contributed by atoms with E-state index in [1.165, 1.54) is 0 Å². The molecule has 0 aromatic heterocycles. The fourth-order valence-corrected chi connectivity index (χ4v) is 5.32. The Morgan fingerprint density at radius 1 is 1.13 bits per heavy atom. The Labute approximate surface area is 236 Å². The van der Waals surface area contributed by atoms with Crippen molar-refractivity contribution < 1.29 is 28.6 Å². The number of rotatable bonds is 7. The molecule has 8 nitrogen and oxygen atoms in total. The molecular weight excluding hydrogens is 564 g/mol. The van der Waals surface area contributed by atoms with Crippen LogP contribution in [-0.2, 0) is 23.9 Å². The zero-order chi connectivity index (χ0) is 28.5. The number of hydrogen-bond acceptors (Lipinski definition) is 7. The molecule has 0 saturated heterocycles. The first kappa shape index (κ1) is 28.4. The van der Waals surface area contributed by atoms with Gasteiger partial charge in [0.15, 0.2) is 12.4 Å². The molecule has 39 heavy (non-hydrogen) atoms. The van der Waals surface area contributed by atoms with Crippen LogP contribution in [0.1, 0.15) is 56.2 Å². The number of benzene rings is 2. The van der Waals surface area contributed by atoms with Gasteiger partial charge < -0.3 is 25.3 Å². The minimum atomic E-state index is -0.883. The Morgan fingerprint density at radius 3 is 2.56 bits per heavy atom. The van der Waals surface area contributed by atoms with Crippen LogP contribution in [0.25, 0.3) is 0 Å². The van der Waals surface area contributed by atoms with E-state index in [1.54, 1.807) is 25.1 Å². The number of carbonyl (C=O) groups excluding carboxylic acids is 3. The Balaban J connectivity index is 1.71. The molecule has 9 heteroatoms. The van der Waals surface area contributed by atoms with Gasteiger partial charge >= 0.3 is 5.97 Å². The van der Waals surface area contributed by atoms with E-state index in [4.69, 9.17) is 19.9 Å². The molecular formula is C30H33BrN2O6. The third kappa shape index (κ3) is 6.19. The number of anilines is 1. The third-order valence-electron chi connectivity index (χ3n) is 6.88. The summed E-state index contributed by atoms with van der Waals surface area (Å²) in [7, 11) is 0. The molecule has 1 amide bonds. The van der Waals surface area contributed by atoms with Gasteiger partial charge in [-0.1, -0.05) is 35.8 Å². The summed E-state index contributed by atoms with van der Waals surface area (Å²) in [6.45, 7) is 9.46. The zero-order valence-electron chi connectivity index (χ0n) is 22.8. The maximum atomic E-state index is 13.5. The molecule has 4 rings (SSSR count). The molecule has 2 aromatic rings. The van der Waals surface area contributed by atoms with Gasteiger partial charge in [0.05, 0.1) is 12.5 Å². The number of esters is 1. The van der Waals surface area contributed by atoms with Gasteiger partial charge in [-0.15, -0.1) is 0 Å². The van der Waals surface area contributed by atoms with Crippen molar-refractivity contribution in [3.8, 4) is 5.75 Å². The second kappa shape index (κ2) is 11.3. The number of amides is 1. The van der Waals surface area contributed by atoms with Crippen LogP contribution in [0.15, 0.2) is 63.7 Å². The van der Waals surface area contributed by atoms with E-state index in [0.29, 0.717) is 39.2 Å². The zero-order valence-corrected chi connectivity index (χ0v) is 24.4. The number of halogens is 1. The molecule has 0 fully saturated rings. The Bertz CT molecular complexity index is 1410. The smallest absolute Gasteiger partial charge is 0.340 e. The standard InChI is InChI=1S/C30H33BrN2O6/c1-6-37-29(36)27-25(26-21(34)13-30(4,5)14-23(26)39-28(27)32)20-12-18(31)8-10-22(20)38-15-24(35)33-19-9-7-16(2)17(3)11-19/h7-12,25H,6,13-15,32H2,1-5H3,(H,33,35). The third-order valence-corrected chi connectivity index (χ3v) is 7.38. The minimum Gasteiger partial charge on any atom is -0.483 e. The maximum Gasteiger partial charge on any atom is 0.340 e. The summed E-state index contributed by atoms with van der Waals surface area (Å²) < 4.78 is 17.9. The van der Waals surface area contributed by atoms with Crippen molar-refractivity contribution in [3.63, 3.8) is 0 Å². The Morgan fingerprint density at radius 2 is 1.87 bits per heavy atom. The second-order valence-electron chi connectivity index (χ2n) is 10.6. The van der Waals surface area contributed by atoms with Crippen LogP contribution in [0.2, 0.25) is 0 Å². The topological polar surface area (TPSA) is 117 Å². The highest BCUT2D eigenvalue weighted by Crippen LogP contribution is 2.50. The number of ketones is 1. The largest absolute Gasteiger partial charge is 0.483 e. The number of aryl methyl sites for hydroxylation is 2.